The number of carbonyl (C=O) groups excluding carboxylic acids is 2. The molecule has 0 N–H and O–H groups in total. The van der Waals surface area contributed by atoms with Crippen molar-refractivity contribution in [3.63, 3.8) is 0 Å². The molecule has 64 valence electrons. The van der Waals surface area contributed by atoms with E-state index in [-0.39, 0.29) is 11.9 Å². The molecule has 1 heterocycles. The van der Waals surface area contributed by atoms with Crippen LogP contribution in [0, 0.1) is 5.92 Å². The van der Waals surface area contributed by atoms with Crippen molar-refractivity contribution in [3.05, 3.63) is 11.1 Å². The van der Waals surface area contributed by atoms with E-state index >= 15 is 0 Å². The zero-order valence-electron chi connectivity index (χ0n) is 6.92. The summed E-state index contributed by atoms with van der Waals surface area (Å²) in [5.74, 6) is -0.814. The van der Waals surface area contributed by atoms with Crippen LogP contribution in [0.25, 0.3) is 0 Å². The van der Waals surface area contributed by atoms with Gasteiger partial charge < -0.3 is 4.74 Å². The van der Waals surface area contributed by atoms with Crippen LogP contribution in [0.3, 0.4) is 0 Å². The molecule has 0 radical (unpaired) electrons. The molecular weight excluding hydrogens is 156 g/mol. The first-order valence-corrected chi connectivity index (χ1v) is 4.13. The number of rotatable bonds is 0. The Bertz CT molecular complexity index is 288. The fraction of sp³-hybridized carbons (Fsp3) is 0.556. The van der Waals surface area contributed by atoms with Crippen molar-refractivity contribution in [2.24, 2.45) is 5.92 Å². The van der Waals surface area contributed by atoms with Crippen molar-refractivity contribution in [3.8, 4) is 0 Å². The SMILES string of the molecule is CC1=C2CC(CC1)C(=O)OC2=O. The van der Waals surface area contributed by atoms with E-state index in [0.29, 0.717) is 6.42 Å². The Balaban J connectivity index is 2.37. The summed E-state index contributed by atoms with van der Waals surface area (Å²) in [5, 5.41) is 0. The second-order valence-electron chi connectivity index (χ2n) is 3.41. The predicted molar refractivity (Wildman–Crippen MR) is 41.1 cm³/mol. The van der Waals surface area contributed by atoms with E-state index in [2.05, 4.69) is 4.74 Å². The van der Waals surface area contributed by atoms with Gasteiger partial charge in [0.15, 0.2) is 0 Å². The number of fused-ring (bicyclic) bond motifs is 2. The Hall–Kier alpha value is -1.12. The average molecular weight is 166 g/mol. The monoisotopic (exact) mass is 166 g/mol. The topological polar surface area (TPSA) is 43.4 Å². The summed E-state index contributed by atoms with van der Waals surface area (Å²) in [7, 11) is 0. The third-order valence-corrected chi connectivity index (χ3v) is 2.61. The van der Waals surface area contributed by atoms with Gasteiger partial charge in [0.05, 0.1) is 5.92 Å². The number of allylic oxidation sites excluding steroid dienone is 1. The molecule has 1 unspecified atom stereocenters. The van der Waals surface area contributed by atoms with Crippen molar-refractivity contribution in [1.82, 2.24) is 0 Å². The van der Waals surface area contributed by atoms with E-state index in [1.54, 1.807) is 0 Å². The summed E-state index contributed by atoms with van der Waals surface area (Å²) in [6, 6.07) is 0. The van der Waals surface area contributed by atoms with Gasteiger partial charge in [-0.25, -0.2) is 4.79 Å². The second kappa shape index (κ2) is 2.44. The molecule has 0 aromatic carbocycles. The molecule has 12 heavy (non-hydrogen) atoms. The lowest BCUT2D eigenvalue weighted by molar-refractivity contribution is -0.164. The number of carbonyl (C=O) groups is 2. The van der Waals surface area contributed by atoms with Crippen LogP contribution in [0.15, 0.2) is 11.1 Å². The summed E-state index contributed by atoms with van der Waals surface area (Å²) < 4.78 is 4.59. The molecule has 3 heteroatoms. The lowest BCUT2D eigenvalue weighted by Crippen LogP contribution is -2.32. The highest BCUT2D eigenvalue weighted by Gasteiger charge is 2.36. The summed E-state index contributed by atoms with van der Waals surface area (Å²) >= 11 is 0. The Morgan fingerprint density at radius 1 is 1.42 bits per heavy atom. The van der Waals surface area contributed by atoms with Crippen LogP contribution in [-0.2, 0) is 14.3 Å². The predicted octanol–water partition coefficient (Wildman–Crippen LogP) is 1.19. The summed E-state index contributed by atoms with van der Waals surface area (Å²) in [4.78, 5) is 22.2. The Morgan fingerprint density at radius 3 is 2.92 bits per heavy atom. The fourth-order valence-corrected chi connectivity index (χ4v) is 1.76. The molecule has 0 aromatic heterocycles. The van der Waals surface area contributed by atoms with E-state index in [9.17, 15) is 9.59 Å². The van der Waals surface area contributed by atoms with Crippen LogP contribution in [0.2, 0.25) is 0 Å². The van der Waals surface area contributed by atoms with Crippen LogP contribution in [-0.4, -0.2) is 11.9 Å². The lowest BCUT2D eigenvalue weighted by atomic mass is 9.83. The van der Waals surface area contributed by atoms with E-state index in [1.165, 1.54) is 0 Å². The van der Waals surface area contributed by atoms with E-state index in [0.717, 1.165) is 24.0 Å². The van der Waals surface area contributed by atoms with Crippen LogP contribution in [0.4, 0.5) is 0 Å². The van der Waals surface area contributed by atoms with Gasteiger partial charge in [0.25, 0.3) is 0 Å². The molecule has 1 aliphatic carbocycles. The third kappa shape index (κ3) is 0.967. The van der Waals surface area contributed by atoms with Crippen molar-refractivity contribution in [1.29, 1.82) is 0 Å². The molecule has 0 spiro atoms. The molecule has 1 saturated heterocycles. The van der Waals surface area contributed by atoms with Gasteiger partial charge in [0.1, 0.15) is 0 Å². The van der Waals surface area contributed by atoms with Crippen LogP contribution >= 0.6 is 0 Å². The molecule has 0 amide bonds. The number of ether oxygens (including phenoxy) is 1. The molecular formula is C9H10O3. The minimum Gasteiger partial charge on any atom is -0.389 e. The standard InChI is InChI=1S/C9H10O3/c1-5-2-3-6-4-7(5)9(11)12-8(6)10/h6H,2-4H2,1H3. The lowest BCUT2D eigenvalue weighted by Gasteiger charge is -2.27. The van der Waals surface area contributed by atoms with E-state index in [1.807, 2.05) is 6.92 Å². The van der Waals surface area contributed by atoms with E-state index < -0.39 is 5.97 Å². The first kappa shape index (κ1) is 7.53. The van der Waals surface area contributed by atoms with Gasteiger partial charge in [-0.15, -0.1) is 0 Å². The normalized spacial score (nSPS) is 28.9. The van der Waals surface area contributed by atoms with E-state index in [4.69, 9.17) is 0 Å². The summed E-state index contributed by atoms with van der Waals surface area (Å²) in [6.45, 7) is 1.93. The second-order valence-corrected chi connectivity index (χ2v) is 3.41. The van der Waals surface area contributed by atoms with Crippen molar-refractivity contribution in [2.75, 3.05) is 0 Å². The molecule has 2 aliphatic rings. The minimum atomic E-state index is -0.423. The van der Waals surface area contributed by atoms with Gasteiger partial charge in [0, 0.05) is 5.57 Å². The molecule has 0 aromatic rings. The number of hydrogen-bond donors (Lipinski definition) is 0. The maximum absolute atomic E-state index is 11.1. The van der Waals surface area contributed by atoms with Gasteiger partial charge in [-0.2, -0.15) is 0 Å². The first-order chi connectivity index (χ1) is 5.68. The van der Waals surface area contributed by atoms with Gasteiger partial charge in [0.2, 0.25) is 0 Å². The highest BCUT2D eigenvalue weighted by molar-refractivity contribution is 6.01. The highest BCUT2D eigenvalue weighted by Crippen LogP contribution is 2.34. The molecule has 1 atom stereocenters. The number of cyclic esters (lactones) is 2. The zero-order valence-corrected chi connectivity index (χ0v) is 6.92. The van der Waals surface area contributed by atoms with Crippen molar-refractivity contribution < 1.29 is 14.3 Å². The molecule has 0 saturated carbocycles. The van der Waals surface area contributed by atoms with Gasteiger partial charge in [-0.3, -0.25) is 4.79 Å². The molecule has 2 bridgehead atoms. The van der Waals surface area contributed by atoms with Gasteiger partial charge in [-0.05, 0) is 26.2 Å². The van der Waals surface area contributed by atoms with Crippen molar-refractivity contribution in [2.45, 2.75) is 26.2 Å². The fourth-order valence-electron chi connectivity index (χ4n) is 1.76. The van der Waals surface area contributed by atoms with Crippen LogP contribution < -0.4 is 0 Å². The Kier molecular flexibility index (Phi) is 1.53. The first-order valence-electron chi connectivity index (χ1n) is 4.13. The maximum atomic E-state index is 11.1. The average Bonchev–Trinajstić information content (AvgIpc) is 2.03. The highest BCUT2D eigenvalue weighted by atomic mass is 16.6. The van der Waals surface area contributed by atoms with Gasteiger partial charge in [-0.1, -0.05) is 5.57 Å². The largest absolute Gasteiger partial charge is 0.389 e. The van der Waals surface area contributed by atoms with Gasteiger partial charge >= 0.3 is 11.9 Å². The van der Waals surface area contributed by atoms with Crippen molar-refractivity contribution >= 4 is 11.9 Å². The Labute approximate surface area is 70.4 Å². The molecule has 2 rings (SSSR count). The zero-order chi connectivity index (χ0) is 8.72. The summed E-state index contributed by atoms with van der Waals surface area (Å²) in [5.41, 5.74) is 1.81. The Morgan fingerprint density at radius 2 is 2.17 bits per heavy atom. The van der Waals surface area contributed by atoms with Crippen LogP contribution in [0.1, 0.15) is 26.2 Å². The number of esters is 2. The third-order valence-electron chi connectivity index (χ3n) is 2.61. The van der Waals surface area contributed by atoms with Crippen LogP contribution in [0.5, 0.6) is 0 Å². The number of hydrogen-bond acceptors (Lipinski definition) is 3. The minimum absolute atomic E-state index is 0.0543. The quantitative estimate of drug-likeness (QED) is 0.401. The molecule has 3 nitrogen and oxygen atoms in total. The maximum Gasteiger partial charge on any atom is 0.341 e. The summed E-state index contributed by atoms with van der Waals surface area (Å²) in [6.07, 6.45) is 2.30. The molecule has 1 aliphatic heterocycles. The smallest absolute Gasteiger partial charge is 0.341 e. The molecule has 1 fully saturated rings.